The molecule has 0 saturated heterocycles. The second-order valence-corrected chi connectivity index (χ2v) is 4.35. The van der Waals surface area contributed by atoms with Gasteiger partial charge in [0.1, 0.15) is 6.10 Å². The summed E-state index contributed by atoms with van der Waals surface area (Å²) >= 11 is 0. The van der Waals surface area contributed by atoms with Gasteiger partial charge in [-0.25, -0.2) is 4.79 Å². The van der Waals surface area contributed by atoms with Gasteiger partial charge in [-0.15, -0.1) is 6.58 Å². The molecular weight excluding hydrogens is 270 g/mol. The van der Waals surface area contributed by atoms with E-state index in [4.69, 9.17) is 9.47 Å². The normalized spacial score (nSPS) is 11.5. The van der Waals surface area contributed by atoms with Gasteiger partial charge in [-0.3, -0.25) is 4.79 Å². The molecule has 114 valence electrons. The van der Waals surface area contributed by atoms with Crippen LogP contribution in [-0.4, -0.2) is 31.2 Å². The molecule has 1 aromatic rings. The lowest BCUT2D eigenvalue weighted by Gasteiger charge is -2.14. The number of esters is 1. The summed E-state index contributed by atoms with van der Waals surface area (Å²) in [5, 5.41) is 2.69. The Labute approximate surface area is 124 Å². The fourth-order valence-corrected chi connectivity index (χ4v) is 1.62. The quantitative estimate of drug-likeness (QED) is 0.454. The van der Waals surface area contributed by atoms with Crippen LogP contribution in [0.25, 0.3) is 0 Å². The summed E-state index contributed by atoms with van der Waals surface area (Å²) in [4.78, 5) is 23.8. The molecule has 1 rings (SSSR count). The number of amides is 1. The zero-order chi connectivity index (χ0) is 15.7. The Hall–Kier alpha value is -2.14. The predicted octanol–water partition coefficient (Wildman–Crippen LogP) is 2.78. The Kier molecular flexibility index (Phi) is 7.18. The van der Waals surface area contributed by atoms with E-state index in [1.807, 2.05) is 0 Å². The van der Waals surface area contributed by atoms with Gasteiger partial charge in [-0.1, -0.05) is 18.2 Å². The maximum atomic E-state index is 12.0. The fourth-order valence-electron chi connectivity index (χ4n) is 1.62. The van der Waals surface area contributed by atoms with Crippen LogP contribution in [0.3, 0.4) is 0 Å². The van der Waals surface area contributed by atoms with E-state index in [0.717, 1.165) is 0 Å². The summed E-state index contributed by atoms with van der Waals surface area (Å²) in [6.07, 6.45) is 1.79. The van der Waals surface area contributed by atoms with Crippen LogP contribution in [0.5, 0.6) is 0 Å². The lowest BCUT2D eigenvalue weighted by atomic mass is 10.1. The van der Waals surface area contributed by atoms with Gasteiger partial charge in [-0.2, -0.15) is 0 Å². The second kappa shape index (κ2) is 8.92. The van der Waals surface area contributed by atoms with Gasteiger partial charge in [-0.05, 0) is 32.4 Å². The summed E-state index contributed by atoms with van der Waals surface area (Å²) in [5.74, 6) is -0.774. The van der Waals surface area contributed by atoms with E-state index in [9.17, 15) is 9.59 Å². The van der Waals surface area contributed by atoms with E-state index in [-0.39, 0.29) is 12.5 Å². The summed E-state index contributed by atoms with van der Waals surface area (Å²) in [6.45, 7) is 7.68. The monoisotopic (exact) mass is 291 g/mol. The number of benzene rings is 1. The molecule has 0 aliphatic heterocycles. The zero-order valence-electron chi connectivity index (χ0n) is 12.4. The molecule has 1 atom stereocenters. The minimum atomic E-state index is -0.611. The first-order valence-corrected chi connectivity index (χ1v) is 6.89. The highest BCUT2D eigenvalue weighted by Crippen LogP contribution is 2.16. The largest absolute Gasteiger partial charge is 0.462 e. The molecule has 1 N–H and O–H groups in total. The summed E-state index contributed by atoms with van der Waals surface area (Å²) < 4.78 is 10.3. The van der Waals surface area contributed by atoms with Crippen LogP contribution in [0.15, 0.2) is 36.9 Å². The van der Waals surface area contributed by atoms with Crippen molar-refractivity contribution in [1.82, 2.24) is 0 Å². The molecule has 1 amide bonds. The van der Waals surface area contributed by atoms with Crippen molar-refractivity contribution in [2.45, 2.75) is 26.4 Å². The van der Waals surface area contributed by atoms with Gasteiger partial charge >= 0.3 is 5.97 Å². The minimum Gasteiger partial charge on any atom is -0.462 e. The van der Waals surface area contributed by atoms with Gasteiger partial charge < -0.3 is 14.8 Å². The molecule has 1 unspecified atom stereocenters. The van der Waals surface area contributed by atoms with Crippen molar-refractivity contribution in [2.24, 2.45) is 0 Å². The fraction of sp³-hybridized carbons (Fsp3) is 0.375. The van der Waals surface area contributed by atoms with E-state index in [2.05, 4.69) is 11.9 Å². The third-order valence-electron chi connectivity index (χ3n) is 2.74. The molecule has 1 aromatic carbocycles. The summed E-state index contributed by atoms with van der Waals surface area (Å²) in [7, 11) is 0. The van der Waals surface area contributed by atoms with Crippen molar-refractivity contribution in [3.05, 3.63) is 42.5 Å². The van der Waals surface area contributed by atoms with Crippen LogP contribution in [0.1, 0.15) is 30.6 Å². The number of carbonyl (C=O) groups is 2. The maximum Gasteiger partial charge on any atom is 0.340 e. The Balaban J connectivity index is 2.71. The lowest BCUT2D eigenvalue weighted by molar-refractivity contribution is -0.126. The topological polar surface area (TPSA) is 64.6 Å². The Morgan fingerprint density at radius 1 is 1.38 bits per heavy atom. The molecule has 0 aromatic heterocycles. The molecule has 0 saturated carbocycles. The molecule has 0 fully saturated rings. The van der Waals surface area contributed by atoms with Gasteiger partial charge in [0, 0.05) is 0 Å². The molecule has 0 spiro atoms. The Bertz CT molecular complexity index is 499. The van der Waals surface area contributed by atoms with E-state index in [1.54, 1.807) is 44.2 Å². The van der Waals surface area contributed by atoms with Gasteiger partial charge in [0.05, 0.1) is 24.5 Å². The predicted molar refractivity (Wildman–Crippen MR) is 81.3 cm³/mol. The van der Waals surface area contributed by atoms with Crippen LogP contribution in [0.4, 0.5) is 5.69 Å². The average Bonchev–Trinajstić information content (AvgIpc) is 2.48. The molecule has 0 heterocycles. The Morgan fingerprint density at radius 2 is 2.10 bits per heavy atom. The van der Waals surface area contributed by atoms with Crippen LogP contribution in [0.2, 0.25) is 0 Å². The maximum absolute atomic E-state index is 12.0. The minimum absolute atomic E-state index is 0.280. The number of nitrogens with one attached hydrogen (secondary N) is 1. The molecule has 0 bridgehead atoms. The van der Waals surface area contributed by atoms with E-state index < -0.39 is 12.1 Å². The molecule has 0 radical (unpaired) electrons. The molecule has 5 nitrogen and oxygen atoms in total. The third kappa shape index (κ3) is 5.39. The highest BCUT2D eigenvalue weighted by Gasteiger charge is 2.17. The Morgan fingerprint density at radius 3 is 2.76 bits per heavy atom. The highest BCUT2D eigenvalue weighted by molar-refractivity contribution is 6.02. The van der Waals surface area contributed by atoms with Crippen LogP contribution in [0, 0.1) is 0 Å². The van der Waals surface area contributed by atoms with Gasteiger partial charge in [0.25, 0.3) is 5.91 Å². The van der Waals surface area contributed by atoms with Gasteiger partial charge in [0.2, 0.25) is 0 Å². The average molecular weight is 291 g/mol. The van der Waals surface area contributed by atoms with Crippen molar-refractivity contribution >= 4 is 17.6 Å². The summed E-state index contributed by atoms with van der Waals surface area (Å²) in [5.41, 5.74) is 0.742. The van der Waals surface area contributed by atoms with Crippen LogP contribution >= 0.6 is 0 Å². The number of hydrogen-bond donors (Lipinski definition) is 1. The first-order chi connectivity index (χ1) is 10.1. The molecule has 21 heavy (non-hydrogen) atoms. The van der Waals surface area contributed by atoms with E-state index in [0.29, 0.717) is 24.3 Å². The molecule has 5 heteroatoms. The molecule has 0 aliphatic rings. The number of para-hydroxylation sites is 1. The molecular formula is C16H21NO4. The standard InChI is InChI=1S/C16H21NO4/c1-4-6-11-21-12(3)15(18)17-14-10-8-7-9-13(14)16(19)20-5-2/h4,7-10,12H,1,5-6,11H2,2-3H3,(H,17,18). The van der Waals surface area contributed by atoms with Crippen LogP contribution < -0.4 is 5.32 Å². The summed E-state index contributed by atoms with van der Waals surface area (Å²) in [6, 6.07) is 6.71. The zero-order valence-corrected chi connectivity index (χ0v) is 12.4. The number of hydrogen-bond acceptors (Lipinski definition) is 4. The first kappa shape index (κ1) is 16.9. The highest BCUT2D eigenvalue weighted by atomic mass is 16.5. The van der Waals surface area contributed by atoms with Gasteiger partial charge in [0.15, 0.2) is 0 Å². The molecule has 0 aliphatic carbocycles. The van der Waals surface area contributed by atoms with E-state index in [1.165, 1.54) is 0 Å². The lowest BCUT2D eigenvalue weighted by Crippen LogP contribution is -2.28. The number of rotatable bonds is 8. The number of ether oxygens (including phenoxy) is 2. The van der Waals surface area contributed by atoms with Crippen molar-refractivity contribution in [1.29, 1.82) is 0 Å². The SMILES string of the molecule is C=CCCOC(C)C(=O)Nc1ccccc1C(=O)OCC. The first-order valence-electron chi connectivity index (χ1n) is 6.89. The number of carbonyl (C=O) groups excluding carboxylic acids is 2. The van der Waals surface area contributed by atoms with E-state index >= 15 is 0 Å². The third-order valence-corrected chi connectivity index (χ3v) is 2.74. The van der Waals surface area contributed by atoms with Crippen molar-refractivity contribution in [3.8, 4) is 0 Å². The van der Waals surface area contributed by atoms with Crippen molar-refractivity contribution < 1.29 is 19.1 Å². The second-order valence-electron chi connectivity index (χ2n) is 4.35. The smallest absolute Gasteiger partial charge is 0.340 e. The van der Waals surface area contributed by atoms with Crippen LogP contribution in [-0.2, 0) is 14.3 Å². The number of anilines is 1. The van der Waals surface area contributed by atoms with Crippen molar-refractivity contribution in [2.75, 3.05) is 18.5 Å². The van der Waals surface area contributed by atoms with Crippen molar-refractivity contribution in [3.63, 3.8) is 0 Å².